The van der Waals surface area contributed by atoms with Crippen LogP contribution in [0.2, 0.25) is 0 Å². The minimum absolute atomic E-state index is 0.0179. The Kier molecular flexibility index (Phi) is 6.58. The maximum Gasteiger partial charge on any atom is 0.291 e. The standard InChI is InChI=1S/C26H27N3O4/c1-17(2)14-24(30)29-16-19-7-4-3-6-18(19)15-22(29)25(31)27-20-9-11-21(12-10-20)28-26(32)23-8-5-13-33-23/h3-13,17,22H,14-16H2,1-2H3,(H,27,31)(H,28,32). The van der Waals surface area contributed by atoms with Gasteiger partial charge in [-0.3, -0.25) is 14.4 Å². The molecule has 0 saturated carbocycles. The molecule has 2 heterocycles. The van der Waals surface area contributed by atoms with E-state index in [1.807, 2.05) is 38.1 Å². The maximum atomic E-state index is 13.2. The lowest BCUT2D eigenvalue weighted by Crippen LogP contribution is -2.50. The highest BCUT2D eigenvalue weighted by Crippen LogP contribution is 2.26. The quantitative estimate of drug-likeness (QED) is 0.586. The Hall–Kier alpha value is -3.87. The minimum atomic E-state index is -0.579. The molecule has 2 N–H and O–H groups in total. The number of hydrogen-bond acceptors (Lipinski definition) is 4. The molecule has 33 heavy (non-hydrogen) atoms. The highest BCUT2D eigenvalue weighted by atomic mass is 16.3. The zero-order valence-electron chi connectivity index (χ0n) is 18.7. The maximum absolute atomic E-state index is 13.2. The Morgan fingerprint density at radius 3 is 2.24 bits per heavy atom. The van der Waals surface area contributed by atoms with Crippen molar-refractivity contribution < 1.29 is 18.8 Å². The summed E-state index contributed by atoms with van der Waals surface area (Å²) in [4.78, 5) is 39.9. The summed E-state index contributed by atoms with van der Waals surface area (Å²) < 4.78 is 5.09. The first-order valence-corrected chi connectivity index (χ1v) is 11.0. The van der Waals surface area contributed by atoms with Crippen LogP contribution in [-0.4, -0.2) is 28.7 Å². The third kappa shape index (κ3) is 5.31. The van der Waals surface area contributed by atoms with Crippen molar-refractivity contribution in [3.05, 3.63) is 83.8 Å². The highest BCUT2D eigenvalue weighted by Gasteiger charge is 2.34. The van der Waals surface area contributed by atoms with Crippen molar-refractivity contribution in [3.8, 4) is 0 Å². The molecule has 1 unspecified atom stereocenters. The van der Waals surface area contributed by atoms with Gasteiger partial charge in [-0.05, 0) is 53.4 Å². The first-order valence-electron chi connectivity index (χ1n) is 11.0. The molecule has 0 radical (unpaired) electrons. The number of carbonyl (C=O) groups is 3. The van der Waals surface area contributed by atoms with E-state index in [0.717, 1.165) is 11.1 Å². The second-order valence-corrected chi connectivity index (χ2v) is 8.61. The fraction of sp³-hybridized carbons (Fsp3) is 0.269. The average molecular weight is 446 g/mol. The molecule has 7 heteroatoms. The average Bonchev–Trinajstić information content (AvgIpc) is 3.34. The van der Waals surface area contributed by atoms with Gasteiger partial charge in [-0.25, -0.2) is 0 Å². The molecule has 0 spiro atoms. The normalized spacial score (nSPS) is 15.1. The van der Waals surface area contributed by atoms with Crippen molar-refractivity contribution in [1.29, 1.82) is 0 Å². The second kappa shape index (κ2) is 9.73. The van der Waals surface area contributed by atoms with Crippen molar-refractivity contribution in [1.82, 2.24) is 4.90 Å². The molecule has 1 aliphatic heterocycles. The van der Waals surface area contributed by atoms with Gasteiger partial charge in [0.1, 0.15) is 6.04 Å². The van der Waals surface area contributed by atoms with E-state index in [-0.39, 0.29) is 29.4 Å². The van der Waals surface area contributed by atoms with E-state index in [9.17, 15) is 14.4 Å². The SMILES string of the molecule is CC(C)CC(=O)N1Cc2ccccc2CC1C(=O)Nc1ccc(NC(=O)c2ccco2)cc1. The number of carbonyl (C=O) groups excluding carboxylic acids is 3. The first kappa shape index (κ1) is 22.3. The van der Waals surface area contributed by atoms with Crippen molar-refractivity contribution in [2.45, 2.75) is 39.3 Å². The minimum Gasteiger partial charge on any atom is -0.459 e. The van der Waals surface area contributed by atoms with Gasteiger partial charge in [0.2, 0.25) is 11.8 Å². The van der Waals surface area contributed by atoms with Crippen LogP contribution in [-0.2, 0) is 22.6 Å². The fourth-order valence-electron chi connectivity index (χ4n) is 3.95. The first-order chi connectivity index (χ1) is 15.9. The van der Waals surface area contributed by atoms with Gasteiger partial charge in [-0.2, -0.15) is 0 Å². The lowest BCUT2D eigenvalue weighted by atomic mass is 9.92. The number of rotatable bonds is 6. The number of hydrogen-bond donors (Lipinski definition) is 2. The zero-order chi connectivity index (χ0) is 23.4. The summed E-state index contributed by atoms with van der Waals surface area (Å²) in [7, 11) is 0. The van der Waals surface area contributed by atoms with Crippen molar-refractivity contribution >= 4 is 29.1 Å². The highest BCUT2D eigenvalue weighted by molar-refractivity contribution is 6.02. The number of nitrogens with one attached hydrogen (secondary N) is 2. The van der Waals surface area contributed by atoms with E-state index in [4.69, 9.17) is 4.42 Å². The van der Waals surface area contributed by atoms with Gasteiger partial charge in [0.05, 0.1) is 6.26 Å². The third-order valence-corrected chi connectivity index (χ3v) is 5.61. The molecule has 1 aliphatic rings. The fourth-order valence-corrected chi connectivity index (χ4v) is 3.95. The molecule has 0 saturated heterocycles. The monoisotopic (exact) mass is 445 g/mol. The van der Waals surface area contributed by atoms with Crippen molar-refractivity contribution in [2.24, 2.45) is 5.92 Å². The van der Waals surface area contributed by atoms with Crippen LogP contribution in [0.3, 0.4) is 0 Å². The molecule has 1 atom stereocenters. The van der Waals surface area contributed by atoms with Gasteiger partial charge >= 0.3 is 0 Å². The molecule has 0 fully saturated rings. The second-order valence-electron chi connectivity index (χ2n) is 8.61. The van der Waals surface area contributed by atoms with Gasteiger partial charge in [-0.1, -0.05) is 38.1 Å². The Balaban J connectivity index is 1.46. The van der Waals surface area contributed by atoms with Gasteiger partial charge in [0, 0.05) is 30.8 Å². The van der Waals surface area contributed by atoms with Crippen molar-refractivity contribution in [2.75, 3.05) is 10.6 Å². The van der Waals surface area contributed by atoms with Crippen LogP contribution in [0.25, 0.3) is 0 Å². The molecule has 1 aromatic heterocycles. The Labute approximate surface area is 192 Å². The number of fused-ring (bicyclic) bond motifs is 1. The van der Waals surface area contributed by atoms with Gasteiger partial charge in [-0.15, -0.1) is 0 Å². The Morgan fingerprint density at radius 1 is 0.939 bits per heavy atom. The lowest BCUT2D eigenvalue weighted by molar-refractivity contribution is -0.140. The molecule has 2 aromatic carbocycles. The predicted molar refractivity (Wildman–Crippen MR) is 126 cm³/mol. The Morgan fingerprint density at radius 2 is 1.61 bits per heavy atom. The van der Waals surface area contributed by atoms with Crippen LogP contribution >= 0.6 is 0 Å². The predicted octanol–water partition coefficient (Wildman–Crippen LogP) is 4.47. The summed E-state index contributed by atoms with van der Waals surface area (Å²) in [5.74, 6) is -0.167. The molecule has 7 nitrogen and oxygen atoms in total. The molecular weight excluding hydrogens is 418 g/mol. The van der Waals surface area contributed by atoms with Crippen LogP contribution in [0.1, 0.15) is 41.9 Å². The topological polar surface area (TPSA) is 91.7 Å². The molecule has 4 rings (SSSR count). The molecule has 0 bridgehead atoms. The lowest BCUT2D eigenvalue weighted by Gasteiger charge is -2.36. The van der Waals surface area contributed by atoms with Crippen LogP contribution in [0.15, 0.2) is 71.3 Å². The van der Waals surface area contributed by atoms with Crippen molar-refractivity contribution in [3.63, 3.8) is 0 Å². The largest absolute Gasteiger partial charge is 0.459 e. The summed E-state index contributed by atoms with van der Waals surface area (Å²) in [5, 5.41) is 5.67. The Bertz CT molecular complexity index is 1140. The molecule has 0 aliphatic carbocycles. The number of furan rings is 1. The molecule has 3 amide bonds. The van der Waals surface area contributed by atoms with Gasteiger partial charge in [0.15, 0.2) is 5.76 Å². The van der Waals surface area contributed by atoms with E-state index in [1.165, 1.54) is 6.26 Å². The zero-order valence-corrected chi connectivity index (χ0v) is 18.7. The van der Waals surface area contributed by atoms with Crippen LogP contribution in [0.4, 0.5) is 11.4 Å². The molecular formula is C26H27N3O4. The van der Waals surface area contributed by atoms with E-state index >= 15 is 0 Å². The summed E-state index contributed by atoms with van der Waals surface area (Å²) in [5.41, 5.74) is 3.33. The number of anilines is 2. The van der Waals surface area contributed by atoms with Crippen LogP contribution in [0, 0.1) is 5.92 Å². The summed E-state index contributed by atoms with van der Waals surface area (Å²) in [6.07, 6.45) is 2.31. The van der Waals surface area contributed by atoms with Gasteiger partial charge < -0.3 is 20.0 Å². The third-order valence-electron chi connectivity index (χ3n) is 5.61. The number of benzene rings is 2. The van der Waals surface area contributed by atoms with Crippen LogP contribution < -0.4 is 10.6 Å². The molecule has 3 aromatic rings. The van der Waals surface area contributed by atoms with E-state index in [1.54, 1.807) is 41.3 Å². The smallest absolute Gasteiger partial charge is 0.291 e. The summed E-state index contributed by atoms with van der Waals surface area (Å²) in [6.45, 7) is 4.42. The van der Waals surface area contributed by atoms with E-state index in [0.29, 0.717) is 30.8 Å². The summed E-state index contributed by atoms with van der Waals surface area (Å²) >= 11 is 0. The number of nitrogens with zero attached hydrogens (tertiary/aromatic N) is 1. The molecule has 170 valence electrons. The van der Waals surface area contributed by atoms with Gasteiger partial charge in [0.25, 0.3) is 5.91 Å². The number of amides is 3. The van der Waals surface area contributed by atoms with E-state index in [2.05, 4.69) is 10.6 Å². The van der Waals surface area contributed by atoms with E-state index < -0.39 is 6.04 Å². The summed E-state index contributed by atoms with van der Waals surface area (Å²) in [6, 6.07) is 17.4. The van der Waals surface area contributed by atoms with Crippen LogP contribution in [0.5, 0.6) is 0 Å².